The Morgan fingerprint density at radius 1 is 1.37 bits per heavy atom. The second-order valence-electron chi connectivity index (χ2n) is 6.97. The van der Waals surface area contributed by atoms with E-state index >= 15 is 0 Å². The van der Waals surface area contributed by atoms with E-state index in [9.17, 15) is 15.0 Å². The molecular weight excluding hydrogens is 346 g/mol. The van der Waals surface area contributed by atoms with Crippen LogP contribution in [-0.2, 0) is 7.05 Å². The van der Waals surface area contributed by atoms with Crippen LogP contribution in [0.3, 0.4) is 0 Å². The summed E-state index contributed by atoms with van der Waals surface area (Å²) < 4.78 is 1.69. The molecule has 1 saturated carbocycles. The minimum Gasteiger partial charge on any atom is -0.507 e. The largest absolute Gasteiger partial charge is 0.507 e. The quantitative estimate of drug-likeness (QED) is 0.548. The first-order chi connectivity index (χ1) is 13.0. The highest BCUT2D eigenvalue weighted by Gasteiger charge is 2.36. The van der Waals surface area contributed by atoms with Gasteiger partial charge in [0.15, 0.2) is 0 Å². The van der Waals surface area contributed by atoms with Crippen molar-refractivity contribution in [2.24, 2.45) is 13.0 Å². The third-order valence-corrected chi connectivity index (χ3v) is 4.99. The van der Waals surface area contributed by atoms with E-state index in [1.54, 1.807) is 41.2 Å². The highest BCUT2D eigenvalue weighted by atomic mass is 16.3. The van der Waals surface area contributed by atoms with Crippen LogP contribution in [0.15, 0.2) is 42.7 Å². The summed E-state index contributed by atoms with van der Waals surface area (Å²) in [7, 11) is 1.82. The van der Waals surface area contributed by atoms with Crippen molar-refractivity contribution in [2.45, 2.75) is 25.0 Å². The average molecular weight is 367 g/mol. The zero-order chi connectivity index (χ0) is 19.0. The number of phenols is 1. The lowest BCUT2D eigenvalue weighted by molar-refractivity contribution is 0.0234. The molecule has 8 heteroatoms. The van der Waals surface area contributed by atoms with Gasteiger partial charge >= 0.3 is 0 Å². The van der Waals surface area contributed by atoms with Gasteiger partial charge in [-0.25, -0.2) is 0 Å². The molecular formula is C19H21N5O3. The lowest BCUT2D eigenvalue weighted by Crippen LogP contribution is -2.41. The molecule has 27 heavy (non-hydrogen) atoms. The zero-order valence-corrected chi connectivity index (χ0v) is 14.8. The van der Waals surface area contributed by atoms with Gasteiger partial charge in [0.25, 0.3) is 5.91 Å². The van der Waals surface area contributed by atoms with E-state index in [0.29, 0.717) is 29.8 Å². The Labute approximate surface area is 155 Å². The van der Waals surface area contributed by atoms with Crippen LogP contribution in [-0.4, -0.2) is 42.2 Å². The summed E-state index contributed by atoms with van der Waals surface area (Å²) in [4.78, 5) is 12.8. The molecule has 140 valence electrons. The predicted octanol–water partition coefficient (Wildman–Crippen LogP) is 1.76. The maximum atomic E-state index is 12.8. The van der Waals surface area contributed by atoms with E-state index < -0.39 is 0 Å². The van der Waals surface area contributed by atoms with Crippen molar-refractivity contribution < 1.29 is 15.0 Å². The number of hydrogen-bond acceptors (Lipinski definition) is 5. The van der Waals surface area contributed by atoms with Crippen LogP contribution in [0.5, 0.6) is 5.75 Å². The van der Waals surface area contributed by atoms with Gasteiger partial charge in [-0.15, -0.1) is 0 Å². The van der Waals surface area contributed by atoms with Crippen molar-refractivity contribution in [1.82, 2.24) is 25.3 Å². The van der Waals surface area contributed by atoms with Crippen LogP contribution < -0.4 is 5.32 Å². The van der Waals surface area contributed by atoms with Crippen LogP contribution in [0.2, 0.25) is 0 Å². The number of carbonyl (C=O) groups is 1. The van der Waals surface area contributed by atoms with Crippen LogP contribution in [0.1, 0.15) is 34.9 Å². The molecule has 0 spiro atoms. The summed E-state index contributed by atoms with van der Waals surface area (Å²) in [5, 5.41) is 33.7. The molecule has 1 aromatic carbocycles. The number of aryl methyl sites for hydroxylation is 1. The Bertz CT molecular complexity index is 958. The molecule has 0 bridgehead atoms. The molecule has 8 nitrogen and oxygen atoms in total. The van der Waals surface area contributed by atoms with E-state index in [2.05, 4.69) is 20.6 Å². The molecule has 0 aliphatic heterocycles. The first kappa shape index (κ1) is 17.3. The number of para-hydroxylation sites is 1. The minimum atomic E-state index is -0.314. The number of H-pyrrole nitrogens is 1. The Kier molecular flexibility index (Phi) is 4.41. The van der Waals surface area contributed by atoms with Gasteiger partial charge in [0.1, 0.15) is 11.4 Å². The molecule has 2 aromatic heterocycles. The number of aromatic hydroxyl groups is 1. The fourth-order valence-corrected chi connectivity index (χ4v) is 3.46. The number of hydrogen-bond donors (Lipinski definition) is 4. The number of rotatable bonds is 5. The molecule has 1 atom stereocenters. The van der Waals surface area contributed by atoms with Crippen molar-refractivity contribution >= 4 is 5.91 Å². The van der Waals surface area contributed by atoms with E-state index in [-0.39, 0.29) is 29.7 Å². The molecule has 1 unspecified atom stereocenters. The number of aromatic amines is 1. The van der Waals surface area contributed by atoms with Gasteiger partial charge in [0.05, 0.1) is 24.0 Å². The molecule has 0 radical (unpaired) electrons. The molecule has 1 amide bonds. The molecule has 1 aliphatic rings. The third kappa shape index (κ3) is 3.43. The molecule has 2 heterocycles. The first-order valence-electron chi connectivity index (χ1n) is 8.82. The number of aromatic nitrogens is 4. The smallest absolute Gasteiger partial charge is 0.269 e. The number of aliphatic hydroxyl groups excluding tert-OH is 1. The van der Waals surface area contributed by atoms with E-state index in [1.807, 2.05) is 13.2 Å². The summed E-state index contributed by atoms with van der Waals surface area (Å²) in [6.45, 7) is 0. The number of carbonyl (C=O) groups excluding carboxylic acids is 1. The highest BCUT2D eigenvalue weighted by Crippen LogP contribution is 2.38. The number of aliphatic hydroxyl groups is 1. The molecule has 1 aliphatic carbocycles. The van der Waals surface area contributed by atoms with Gasteiger partial charge in [0, 0.05) is 24.4 Å². The Morgan fingerprint density at radius 3 is 2.81 bits per heavy atom. The number of benzene rings is 1. The van der Waals surface area contributed by atoms with Gasteiger partial charge in [-0.05, 0) is 37.0 Å². The van der Waals surface area contributed by atoms with Crippen molar-refractivity contribution in [3.8, 4) is 17.0 Å². The second kappa shape index (κ2) is 6.88. The minimum absolute atomic E-state index is 0.104. The summed E-state index contributed by atoms with van der Waals surface area (Å²) >= 11 is 0. The maximum Gasteiger partial charge on any atom is 0.269 e. The summed E-state index contributed by atoms with van der Waals surface area (Å²) in [6.07, 6.45) is 4.58. The third-order valence-electron chi connectivity index (χ3n) is 4.99. The van der Waals surface area contributed by atoms with Gasteiger partial charge in [-0.2, -0.15) is 10.2 Å². The van der Waals surface area contributed by atoms with Gasteiger partial charge in [-0.1, -0.05) is 12.1 Å². The first-order valence-corrected chi connectivity index (χ1v) is 8.82. The highest BCUT2D eigenvalue weighted by molar-refractivity contribution is 5.93. The maximum absolute atomic E-state index is 12.8. The fourth-order valence-electron chi connectivity index (χ4n) is 3.46. The van der Waals surface area contributed by atoms with Crippen LogP contribution in [0, 0.1) is 5.92 Å². The molecule has 4 N–H and O–H groups in total. The van der Waals surface area contributed by atoms with Crippen LogP contribution in [0.4, 0.5) is 0 Å². The Balaban J connectivity index is 1.54. The van der Waals surface area contributed by atoms with Crippen LogP contribution in [0.25, 0.3) is 11.3 Å². The predicted molar refractivity (Wildman–Crippen MR) is 97.8 cm³/mol. The van der Waals surface area contributed by atoms with Gasteiger partial charge in [-0.3, -0.25) is 14.6 Å². The van der Waals surface area contributed by atoms with Crippen molar-refractivity contribution in [3.63, 3.8) is 0 Å². The zero-order valence-electron chi connectivity index (χ0n) is 14.8. The lowest BCUT2D eigenvalue weighted by atomic mass is 9.75. The summed E-state index contributed by atoms with van der Waals surface area (Å²) in [5.74, 6) is -0.0271. The summed E-state index contributed by atoms with van der Waals surface area (Å²) in [6, 6.07) is 8.21. The Hall–Kier alpha value is -3.13. The monoisotopic (exact) mass is 367 g/mol. The number of nitrogens with one attached hydrogen (secondary N) is 2. The van der Waals surface area contributed by atoms with E-state index in [0.717, 1.165) is 5.56 Å². The molecule has 3 aromatic rings. The fraction of sp³-hybridized carbons (Fsp3) is 0.316. The molecule has 4 rings (SSSR count). The average Bonchev–Trinajstić information content (AvgIpc) is 3.27. The topological polar surface area (TPSA) is 116 Å². The molecule has 1 fully saturated rings. The SMILES string of the molecule is Cn1cc(C(NC(=O)c2cc(-c3ccccc3O)n[nH]2)C2CC(O)C2)cn1. The normalized spacial score (nSPS) is 20.1. The Morgan fingerprint density at radius 2 is 2.15 bits per heavy atom. The lowest BCUT2D eigenvalue weighted by Gasteiger charge is -2.37. The van der Waals surface area contributed by atoms with Crippen molar-refractivity contribution in [3.05, 3.63) is 54.0 Å². The summed E-state index contributed by atoms with van der Waals surface area (Å²) in [5.41, 5.74) is 2.26. The van der Waals surface area contributed by atoms with Crippen LogP contribution >= 0.6 is 0 Å². The molecule has 0 saturated heterocycles. The number of nitrogens with zero attached hydrogens (tertiary/aromatic N) is 3. The van der Waals surface area contributed by atoms with E-state index in [4.69, 9.17) is 0 Å². The van der Waals surface area contributed by atoms with Gasteiger partial charge in [0.2, 0.25) is 0 Å². The number of amides is 1. The van der Waals surface area contributed by atoms with Crippen molar-refractivity contribution in [1.29, 1.82) is 0 Å². The van der Waals surface area contributed by atoms with E-state index in [1.165, 1.54) is 0 Å². The van der Waals surface area contributed by atoms with Gasteiger partial charge < -0.3 is 15.5 Å². The second-order valence-corrected chi connectivity index (χ2v) is 6.97. The number of phenolic OH excluding ortho intramolecular Hbond substituents is 1. The van der Waals surface area contributed by atoms with Crippen molar-refractivity contribution in [2.75, 3.05) is 0 Å². The standard InChI is InChI=1S/C19H21N5O3/c1-24-10-12(9-20-24)18(11-6-13(25)7-11)21-19(27)16-8-15(22-23-16)14-4-2-3-5-17(14)26/h2-5,8-11,13,18,25-26H,6-7H2,1H3,(H,21,27)(H,22,23).